The third-order valence-electron chi connectivity index (χ3n) is 2.70. The number of ether oxygens (including phenoxy) is 1. The molecule has 0 bridgehead atoms. The van der Waals surface area contributed by atoms with Gasteiger partial charge in [0.05, 0.1) is 18.9 Å². The average Bonchev–Trinajstić information content (AvgIpc) is 2.36. The smallest absolute Gasteiger partial charge is 0.0888 e. The first kappa shape index (κ1) is 16.1. The fourth-order valence-corrected chi connectivity index (χ4v) is 1.57. The highest BCUT2D eigenvalue weighted by Crippen LogP contribution is 2.02. The van der Waals surface area contributed by atoms with Crippen molar-refractivity contribution in [2.75, 3.05) is 33.8 Å². The van der Waals surface area contributed by atoms with Gasteiger partial charge in [-0.1, -0.05) is 19.9 Å². The van der Waals surface area contributed by atoms with Gasteiger partial charge in [-0.2, -0.15) is 0 Å². The number of likely N-dealkylation sites (N-methyl/N-ethyl adjacent to an activating group) is 1. The molecule has 1 rings (SSSR count). The van der Waals surface area contributed by atoms with Crippen LogP contribution in [0.25, 0.3) is 0 Å². The number of hydrogen-bond donors (Lipinski definition) is 1. The molecule has 0 radical (unpaired) electrons. The number of nitrogens with zero attached hydrogens (tertiary/aromatic N) is 2. The van der Waals surface area contributed by atoms with Crippen LogP contribution in [0.15, 0.2) is 18.3 Å². The van der Waals surface area contributed by atoms with Crippen LogP contribution in [0, 0.1) is 5.92 Å². The minimum absolute atomic E-state index is 0.591. The lowest BCUT2D eigenvalue weighted by molar-refractivity contribution is 0.103. The van der Waals surface area contributed by atoms with Gasteiger partial charge in [0.1, 0.15) is 0 Å². The Morgan fingerprint density at radius 3 is 2.68 bits per heavy atom. The van der Waals surface area contributed by atoms with Gasteiger partial charge in [0.25, 0.3) is 0 Å². The molecule has 0 fully saturated rings. The van der Waals surface area contributed by atoms with Crippen LogP contribution in [0.2, 0.25) is 0 Å². The molecule has 1 N–H and O–H groups in total. The summed E-state index contributed by atoms with van der Waals surface area (Å²) in [6.07, 6.45) is 1.93. The molecule has 4 heteroatoms. The molecule has 1 aromatic heterocycles. The first-order chi connectivity index (χ1) is 9.08. The lowest BCUT2D eigenvalue weighted by atomic mass is 10.2. The Balaban J connectivity index is 2.23. The fraction of sp³-hybridized carbons (Fsp3) is 0.667. The maximum atomic E-state index is 5.56. The van der Waals surface area contributed by atoms with Crippen LogP contribution in [0.3, 0.4) is 0 Å². The molecule has 1 heterocycles. The quantitative estimate of drug-likeness (QED) is 0.692. The van der Waals surface area contributed by atoms with E-state index in [-0.39, 0.29) is 0 Å². The third kappa shape index (κ3) is 7.93. The molecule has 108 valence electrons. The number of hydrogen-bond acceptors (Lipinski definition) is 4. The van der Waals surface area contributed by atoms with Gasteiger partial charge >= 0.3 is 0 Å². The van der Waals surface area contributed by atoms with Crippen LogP contribution in [0.4, 0.5) is 0 Å². The second kappa shape index (κ2) is 9.02. The largest absolute Gasteiger partial charge is 0.374 e. The molecule has 4 nitrogen and oxygen atoms in total. The molecule has 0 saturated heterocycles. The van der Waals surface area contributed by atoms with Crippen molar-refractivity contribution in [2.45, 2.75) is 27.0 Å². The Hall–Kier alpha value is -0.970. The Bertz CT molecular complexity index is 336. The summed E-state index contributed by atoms with van der Waals surface area (Å²) in [5.41, 5.74) is 2.21. The first-order valence-corrected chi connectivity index (χ1v) is 6.95. The van der Waals surface area contributed by atoms with E-state index in [1.807, 2.05) is 26.4 Å². The van der Waals surface area contributed by atoms with Gasteiger partial charge in [-0.15, -0.1) is 0 Å². The van der Waals surface area contributed by atoms with Crippen molar-refractivity contribution in [1.82, 2.24) is 15.2 Å². The second-order valence-electron chi connectivity index (χ2n) is 5.54. The number of nitrogens with one attached hydrogen (secondary N) is 1. The zero-order valence-electron chi connectivity index (χ0n) is 12.6. The highest BCUT2D eigenvalue weighted by Gasteiger charge is 1.98. The van der Waals surface area contributed by atoms with Crippen molar-refractivity contribution in [3.63, 3.8) is 0 Å². The van der Waals surface area contributed by atoms with E-state index in [1.165, 1.54) is 5.56 Å². The lowest BCUT2D eigenvalue weighted by Gasteiger charge is -2.10. The summed E-state index contributed by atoms with van der Waals surface area (Å²) in [4.78, 5) is 6.52. The van der Waals surface area contributed by atoms with Crippen molar-refractivity contribution in [3.8, 4) is 0 Å². The zero-order valence-corrected chi connectivity index (χ0v) is 12.6. The van der Waals surface area contributed by atoms with Crippen LogP contribution < -0.4 is 5.32 Å². The van der Waals surface area contributed by atoms with Crippen LogP contribution in [-0.2, 0) is 17.9 Å². The van der Waals surface area contributed by atoms with Gasteiger partial charge in [0.15, 0.2) is 0 Å². The summed E-state index contributed by atoms with van der Waals surface area (Å²) in [7, 11) is 4.08. The minimum Gasteiger partial charge on any atom is -0.374 e. The predicted octanol–water partition coefficient (Wildman–Crippen LogP) is 1.91. The summed E-state index contributed by atoms with van der Waals surface area (Å²) < 4.78 is 5.56. The van der Waals surface area contributed by atoms with Crippen LogP contribution in [0.5, 0.6) is 0 Å². The van der Waals surface area contributed by atoms with E-state index in [9.17, 15) is 0 Å². The summed E-state index contributed by atoms with van der Waals surface area (Å²) in [5.74, 6) is 0.678. The number of pyridine rings is 1. The van der Waals surface area contributed by atoms with Gasteiger partial charge < -0.3 is 15.0 Å². The van der Waals surface area contributed by atoms with E-state index in [2.05, 4.69) is 35.1 Å². The summed E-state index contributed by atoms with van der Waals surface area (Å²) in [6, 6.07) is 4.16. The molecular weight excluding hydrogens is 238 g/mol. The van der Waals surface area contributed by atoms with E-state index in [4.69, 9.17) is 4.74 Å². The first-order valence-electron chi connectivity index (χ1n) is 6.95. The fourth-order valence-electron chi connectivity index (χ4n) is 1.57. The Kier molecular flexibility index (Phi) is 7.63. The van der Waals surface area contributed by atoms with Crippen LogP contribution in [-0.4, -0.2) is 43.7 Å². The lowest BCUT2D eigenvalue weighted by Crippen LogP contribution is -2.19. The zero-order chi connectivity index (χ0) is 14.1. The molecule has 19 heavy (non-hydrogen) atoms. The molecule has 0 aliphatic carbocycles. The van der Waals surface area contributed by atoms with Gasteiger partial charge in [0.2, 0.25) is 0 Å². The number of rotatable bonds is 9. The van der Waals surface area contributed by atoms with Gasteiger partial charge in [-0.25, -0.2) is 0 Å². The predicted molar refractivity (Wildman–Crippen MR) is 79.0 cm³/mol. The standard InChI is InChI=1S/C15H27N3O/c1-13(2)9-16-10-14-5-6-15(17-11-14)12-19-8-7-18(3)4/h5-6,11,13,16H,7-10,12H2,1-4H3. The van der Waals surface area contributed by atoms with Gasteiger partial charge in [-0.3, -0.25) is 4.98 Å². The Labute approximate surface area is 117 Å². The van der Waals surface area contributed by atoms with Gasteiger partial charge in [0, 0.05) is 19.3 Å². The van der Waals surface area contributed by atoms with Crippen molar-refractivity contribution < 1.29 is 4.74 Å². The van der Waals surface area contributed by atoms with Gasteiger partial charge in [-0.05, 0) is 38.2 Å². The monoisotopic (exact) mass is 265 g/mol. The second-order valence-corrected chi connectivity index (χ2v) is 5.54. The maximum Gasteiger partial charge on any atom is 0.0888 e. The number of aromatic nitrogens is 1. The van der Waals surface area contributed by atoms with Crippen molar-refractivity contribution in [2.24, 2.45) is 5.92 Å². The summed E-state index contributed by atoms with van der Waals surface area (Å²) in [6.45, 7) is 8.61. The summed E-state index contributed by atoms with van der Waals surface area (Å²) in [5, 5.41) is 3.41. The molecule has 1 aromatic rings. The van der Waals surface area contributed by atoms with E-state index in [1.54, 1.807) is 0 Å². The van der Waals surface area contributed by atoms with Crippen molar-refractivity contribution in [3.05, 3.63) is 29.6 Å². The van der Waals surface area contributed by atoms with E-state index >= 15 is 0 Å². The summed E-state index contributed by atoms with van der Waals surface area (Å²) >= 11 is 0. The molecule has 0 atom stereocenters. The Morgan fingerprint density at radius 2 is 2.11 bits per heavy atom. The molecule has 0 spiro atoms. The highest BCUT2D eigenvalue weighted by atomic mass is 16.5. The van der Waals surface area contributed by atoms with Crippen LogP contribution >= 0.6 is 0 Å². The van der Waals surface area contributed by atoms with E-state index in [0.29, 0.717) is 12.5 Å². The topological polar surface area (TPSA) is 37.4 Å². The molecule has 0 amide bonds. The molecular formula is C15H27N3O. The normalized spacial score (nSPS) is 11.5. The molecule has 0 aliphatic rings. The van der Waals surface area contributed by atoms with Crippen LogP contribution in [0.1, 0.15) is 25.1 Å². The molecule has 0 saturated carbocycles. The van der Waals surface area contributed by atoms with E-state index in [0.717, 1.165) is 31.9 Å². The molecule has 0 aromatic carbocycles. The Morgan fingerprint density at radius 1 is 1.32 bits per heavy atom. The average molecular weight is 265 g/mol. The highest BCUT2D eigenvalue weighted by molar-refractivity contribution is 5.13. The maximum absolute atomic E-state index is 5.56. The molecule has 0 aliphatic heterocycles. The van der Waals surface area contributed by atoms with Crippen molar-refractivity contribution >= 4 is 0 Å². The van der Waals surface area contributed by atoms with E-state index < -0.39 is 0 Å². The molecule has 0 unspecified atom stereocenters. The SMILES string of the molecule is CC(C)CNCc1ccc(COCCN(C)C)nc1. The third-order valence-corrected chi connectivity index (χ3v) is 2.70. The minimum atomic E-state index is 0.591. The van der Waals surface area contributed by atoms with Crippen molar-refractivity contribution in [1.29, 1.82) is 0 Å².